The summed E-state index contributed by atoms with van der Waals surface area (Å²) >= 11 is 0. The molecule has 0 aliphatic rings. The zero-order chi connectivity index (χ0) is 21.0. The van der Waals surface area contributed by atoms with Crippen molar-refractivity contribution in [2.75, 3.05) is 0 Å². The molecule has 0 saturated heterocycles. The number of aryl methyl sites for hydroxylation is 1. The number of hydrogen-bond acceptors (Lipinski definition) is 5. The number of pyridine rings is 1. The maximum Gasteiger partial charge on any atom is 0.157 e. The van der Waals surface area contributed by atoms with Crippen molar-refractivity contribution >= 4 is 11.2 Å². The zero-order valence-electron chi connectivity index (χ0n) is 17.0. The highest BCUT2D eigenvalue weighted by molar-refractivity contribution is 5.78. The Hall–Kier alpha value is -4.13. The standard InChI is InChI=1S/C24H21N5O2/c1-29-13-12-25-22(29)16-31-21-10-9-18(30-15-17-6-3-2-4-7-17)14-19(21)23-27-20-8-5-11-26-24(20)28-23/h2-14H,15-16H2,1H3,(H,26,27,28). The van der Waals surface area contributed by atoms with Crippen molar-refractivity contribution in [3.8, 4) is 22.9 Å². The monoisotopic (exact) mass is 411 g/mol. The highest BCUT2D eigenvalue weighted by Crippen LogP contribution is 2.33. The fraction of sp³-hybridized carbons (Fsp3) is 0.125. The van der Waals surface area contributed by atoms with Gasteiger partial charge in [0, 0.05) is 25.6 Å². The van der Waals surface area contributed by atoms with E-state index in [1.165, 1.54) is 0 Å². The van der Waals surface area contributed by atoms with Gasteiger partial charge in [0.05, 0.1) is 5.56 Å². The van der Waals surface area contributed by atoms with Gasteiger partial charge in [0.15, 0.2) is 5.65 Å². The molecule has 1 N–H and O–H groups in total. The molecule has 0 aliphatic heterocycles. The minimum Gasteiger partial charge on any atom is -0.489 e. The number of nitrogens with one attached hydrogen (secondary N) is 1. The summed E-state index contributed by atoms with van der Waals surface area (Å²) in [5, 5.41) is 0. The summed E-state index contributed by atoms with van der Waals surface area (Å²) in [6, 6.07) is 19.6. The summed E-state index contributed by atoms with van der Waals surface area (Å²) in [4.78, 5) is 16.6. The van der Waals surface area contributed by atoms with Crippen molar-refractivity contribution < 1.29 is 9.47 Å². The molecule has 2 aromatic carbocycles. The van der Waals surface area contributed by atoms with Gasteiger partial charge in [0.25, 0.3) is 0 Å². The van der Waals surface area contributed by atoms with Crippen LogP contribution in [0.2, 0.25) is 0 Å². The van der Waals surface area contributed by atoms with Crippen molar-refractivity contribution in [3.63, 3.8) is 0 Å². The Balaban J connectivity index is 1.46. The summed E-state index contributed by atoms with van der Waals surface area (Å²) in [7, 11) is 1.94. The van der Waals surface area contributed by atoms with Crippen molar-refractivity contribution in [2.45, 2.75) is 13.2 Å². The second-order valence-corrected chi connectivity index (χ2v) is 7.13. The molecule has 154 valence electrons. The number of aromatic amines is 1. The topological polar surface area (TPSA) is 77.8 Å². The molecular weight excluding hydrogens is 390 g/mol. The van der Waals surface area contributed by atoms with Gasteiger partial charge in [-0.2, -0.15) is 0 Å². The number of hydrogen-bond donors (Lipinski definition) is 1. The van der Waals surface area contributed by atoms with Gasteiger partial charge in [0.2, 0.25) is 0 Å². The third-order valence-corrected chi connectivity index (χ3v) is 4.99. The summed E-state index contributed by atoms with van der Waals surface area (Å²) in [5.74, 6) is 2.93. The first-order chi connectivity index (χ1) is 15.3. The third kappa shape index (κ3) is 4.11. The van der Waals surface area contributed by atoms with Gasteiger partial charge >= 0.3 is 0 Å². The molecule has 0 saturated carbocycles. The van der Waals surface area contributed by atoms with E-state index in [2.05, 4.69) is 15.0 Å². The quantitative estimate of drug-likeness (QED) is 0.426. The van der Waals surface area contributed by atoms with Crippen LogP contribution in [0.15, 0.2) is 79.3 Å². The zero-order valence-corrected chi connectivity index (χ0v) is 17.0. The van der Waals surface area contributed by atoms with Gasteiger partial charge in [0.1, 0.15) is 41.9 Å². The highest BCUT2D eigenvalue weighted by atomic mass is 16.5. The molecule has 0 spiro atoms. The minimum absolute atomic E-state index is 0.346. The Kier molecular flexibility index (Phi) is 5.06. The Bertz CT molecular complexity index is 1280. The number of imidazole rings is 2. The lowest BCUT2D eigenvalue weighted by Crippen LogP contribution is -2.04. The second kappa shape index (κ2) is 8.31. The summed E-state index contributed by atoms with van der Waals surface area (Å²) in [5.41, 5.74) is 3.43. The second-order valence-electron chi connectivity index (χ2n) is 7.13. The first kappa shape index (κ1) is 18.9. The third-order valence-electron chi connectivity index (χ3n) is 4.99. The largest absolute Gasteiger partial charge is 0.489 e. The molecule has 0 unspecified atom stereocenters. The van der Waals surface area contributed by atoms with Crippen molar-refractivity contribution in [2.24, 2.45) is 7.05 Å². The van der Waals surface area contributed by atoms with E-state index in [1.807, 2.05) is 78.5 Å². The number of benzene rings is 2. The average molecular weight is 411 g/mol. The molecule has 3 heterocycles. The molecule has 0 radical (unpaired) electrons. The molecule has 7 heteroatoms. The van der Waals surface area contributed by atoms with Crippen LogP contribution in [0.25, 0.3) is 22.6 Å². The Morgan fingerprint density at radius 3 is 2.61 bits per heavy atom. The maximum atomic E-state index is 6.11. The first-order valence-corrected chi connectivity index (χ1v) is 9.97. The number of rotatable bonds is 7. The molecule has 7 nitrogen and oxygen atoms in total. The van der Waals surface area contributed by atoms with E-state index in [9.17, 15) is 0 Å². The maximum absolute atomic E-state index is 6.11. The van der Waals surface area contributed by atoms with Crippen LogP contribution >= 0.6 is 0 Å². The normalized spacial score (nSPS) is 11.0. The molecule has 0 bridgehead atoms. The Labute approximate surface area is 179 Å². The number of fused-ring (bicyclic) bond motifs is 1. The van der Waals surface area contributed by atoms with Crippen LogP contribution in [0.3, 0.4) is 0 Å². The van der Waals surface area contributed by atoms with Gasteiger partial charge in [-0.1, -0.05) is 30.3 Å². The van der Waals surface area contributed by atoms with E-state index >= 15 is 0 Å². The molecule has 0 aliphatic carbocycles. The van der Waals surface area contributed by atoms with Crippen LogP contribution in [-0.2, 0) is 20.3 Å². The molecule has 0 atom stereocenters. The number of nitrogens with zero attached hydrogens (tertiary/aromatic N) is 4. The molecule has 0 amide bonds. The minimum atomic E-state index is 0.346. The van der Waals surface area contributed by atoms with E-state index in [1.54, 1.807) is 12.4 Å². The van der Waals surface area contributed by atoms with Crippen LogP contribution < -0.4 is 9.47 Å². The number of H-pyrrole nitrogens is 1. The lowest BCUT2D eigenvalue weighted by Gasteiger charge is -2.13. The lowest BCUT2D eigenvalue weighted by molar-refractivity contribution is 0.289. The predicted octanol–water partition coefficient (Wildman–Crippen LogP) is 4.52. The van der Waals surface area contributed by atoms with Crippen LogP contribution in [0.1, 0.15) is 11.4 Å². The summed E-state index contributed by atoms with van der Waals surface area (Å²) in [6.45, 7) is 0.828. The molecule has 3 aromatic heterocycles. The number of ether oxygens (including phenoxy) is 2. The SMILES string of the molecule is Cn1ccnc1COc1ccc(OCc2ccccc2)cc1-c1nc2cccnc2[nH]1. The predicted molar refractivity (Wildman–Crippen MR) is 118 cm³/mol. The van der Waals surface area contributed by atoms with Gasteiger partial charge in [-0.3, -0.25) is 0 Å². The van der Waals surface area contributed by atoms with E-state index in [0.29, 0.717) is 24.8 Å². The fourth-order valence-corrected chi connectivity index (χ4v) is 3.30. The molecule has 5 rings (SSSR count). The van der Waals surface area contributed by atoms with E-state index in [-0.39, 0.29) is 0 Å². The van der Waals surface area contributed by atoms with Crippen molar-refractivity contribution in [3.05, 3.63) is 90.6 Å². The van der Waals surface area contributed by atoms with Crippen LogP contribution in [0.4, 0.5) is 0 Å². The van der Waals surface area contributed by atoms with Crippen molar-refractivity contribution in [1.82, 2.24) is 24.5 Å². The van der Waals surface area contributed by atoms with Crippen LogP contribution in [0.5, 0.6) is 11.5 Å². The van der Waals surface area contributed by atoms with Gasteiger partial charge in [-0.05, 0) is 35.9 Å². The molecule has 0 fully saturated rings. The molecule has 5 aromatic rings. The summed E-state index contributed by atoms with van der Waals surface area (Å²) < 4.78 is 14.1. The van der Waals surface area contributed by atoms with Crippen LogP contribution in [0, 0.1) is 0 Å². The van der Waals surface area contributed by atoms with Gasteiger partial charge in [-0.15, -0.1) is 0 Å². The molecule has 31 heavy (non-hydrogen) atoms. The Morgan fingerprint density at radius 2 is 1.81 bits per heavy atom. The smallest absolute Gasteiger partial charge is 0.157 e. The fourth-order valence-electron chi connectivity index (χ4n) is 3.30. The van der Waals surface area contributed by atoms with Gasteiger partial charge < -0.3 is 19.0 Å². The van der Waals surface area contributed by atoms with E-state index < -0.39 is 0 Å². The first-order valence-electron chi connectivity index (χ1n) is 9.97. The van der Waals surface area contributed by atoms with Gasteiger partial charge in [-0.25, -0.2) is 15.0 Å². The van der Waals surface area contributed by atoms with Crippen molar-refractivity contribution in [1.29, 1.82) is 0 Å². The van der Waals surface area contributed by atoms with Crippen LogP contribution in [-0.4, -0.2) is 24.5 Å². The summed E-state index contributed by atoms with van der Waals surface area (Å²) in [6.07, 6.45) is 5.39. The van der Waals surface area contributed by atoms with E-state index in [4.69, 9.17) is 14.5 Å². The van der Waals surface area contributed by atoms with E-state index in [0.717, 1.165) is 33.9 Å². The number of aromatic nitrogens is 5. The highest BCUT2D eigenvalue weighted by Gasteiger charge is 2.14. The average Bonchev–Trinajstić information content (AvgIpc) is 3.43. The Morgan fingerprint density at radius 1 is 0.903 bits per heavy atom. The lowest BCUT2D eigenvalue weighted by atomic mass is 10.1. The molecular formula is C24H21N5O2.